The third kappa shape index (κ3) is 5.06. The summed E-state index contributed by atoms with van der Waals surface area (Å²) in [7, 11) is -2.45. The van der Waals surface area contributed by atoms with Crippen LogP contribution in [-0.2, 0) is 14.8 Å². The summed E-state index contributed by atoms with van der Waals surface area (Å²) in [6, 6.07) is 19.9. The molecule has 3 aromatic carbocycles. The molecular weight excluding hydrogens is 448 g/mol. The molecule has 1 N–H and O–H groups in total. The van der Waals surface area contributed by atoms with Gasteiger partial charge in [0, 0.05) is 10.6 Å². The zero-order chi connectivity index (χ0) is 23.3. The number of ether oxygens (including phenoxy) is 1. The van der Waals surface area contributed by atoms with Crippen LogP contribution in [0.3, 0.4) is 0 Å². The summed E-state index contributed by atoms with van der Waals surface area (Å²) in [5, 5.41) is 3.29. The number of benzene rings is 3. The van der Waals surface area contributed by atoms with Gasteiger partial charge in [-0.1, -0.05) is 54.1 Å². The first-order valence-electron chi connectivity index (χ1n) is 10.0. The predicted molar refractivity (Wildman–Crippen MR) is 127 cm³/mol. The molecule has 0 saturated carbocycles. The van der Waals surface area contributed by atoms with E-state index in [-0.39, 0.29) is 10.9 Å². The minimum atomic E-state index is -4.01. The first kappa shape index (κ1) is 23.6. The highest BCUT2D eigenvalue weighted by Gasteiger charge is 2.29. The van der Waals surface area contributed by atoms with Crippen molar-refractivity contribution in [3.05, 3.63) is 88.9 Å². The molecule has 168 valence electrons. The van der Waals surface area contributed by atoms with Crippen LogP contribution in [0.25, 0.3) is 0 Å². The Morgan fingerprint density at radius 1 is 1.03 bits per heavy atom. The molecule has 1 amide bonds. The quantitative estimate of drug-likeness (QED) is 0.514. The molecule has 0 heterocycles. The Morgan fingerprint density at radius 2 is 1.69 bits per heavy atom. The van der Waals surface area contributed by atoms with E-state index in [2.05, 4.69) is 5.32 Å². The summed E-state index contributed by atoms with van der Waals surface area (Å²) in [5.41, 5.74) is 1.71. The van der Waals surface area contributed by atoms with Crippen molar-refractivity contribution in [3.63, 3.8) is 0 Å². The van der Waals surface area contributed by atoms with Crippen LogP contribution in [-0.4, -0.2) is 28.0 Å². The molecule has 32 heavy (non-hydrogen) atoms. The number of halogens is 1. The maximum Gasteiger partial charge on any atom is 0.264 e. The number of carbonyl (C=O) groups is 1. The number of para-hydroxylation sites is 1. The van der Waals surface area contributed by atoms with Gasteiger partial charge in [-0.3, -0.25) is 9.10 Å². The fraction of sp³-hybridized carbons (Fsp3) is 0.208. The third-order valence-corrected chi connectivity index (χ3v) is 7.29. The molecule has 0 saturated heterocycles. The maximum atomic E-state index is 13.5. The van der Waals surface area contributed by atoms with E-state index in [9.17, 15) is 13.2 Å². The van der Waals surface area contributed by atoms with Crippen molar-refractivity contribution in [1.29, 1.82) is 0 Å². The Bertz CT molecular complexity index is 1200. The average molecular weight is 473 g/mol. The molecule has 3 aromatic rings. The minimum Gasteiger partial charge on any atom is -0.496 e. The van der Waals surface area contributed by atoms with Gasteiger partial charge in [-0.25, -0.2) is 8.42 Å². The Labute approximate surface area is 193 Å². The SMILES string of the molecule is COc1ccccc1[C@@H](C)NC(=O)CN(c1cccc(Cl)c1C)S(=O)(=O)c1ccccc1. The van der Waals surface area contributed by atoms with Gasteiger partial charge in [-0.05, 0) is 49.7 Å². The molecule has 0 bridgehead atoms. The molecule has 3 rings (SSSR count). The van der Waals surface area contributed by atoms with E-state index < -0.39 is 22.5 Å². The number of anilines is 1. The number of amides is 1. The largest absolute Gasteiger partial charge is 0.496 e. The molecule has 0 fully saturated rings. The zero-order valence-electron chi connectivity index (χ0n) is 18.1. The number of carbonyl (C=O) groups excluding carboxylic acids is 1. The van der Waals surface area contributed by atoms with E-state index in [1.54, 1.807) is 56.5 Å². The van der Waals surface area contributed by atoms with Crippen molar-refractivity contribution in [2.75, 3.05) is 18.0 Å². The number of sulfonamides is 1. The molecule has 0 aromatic heterocycles. The van der Waals surface area contributed by atoms with Gasteiger partial charge in [0.05, 0.1) is 23.7 Å². The molecule has 6 nitrogen and oxygen atoms in total. The molecule has 0 radical (unpaired) electrons. The summed E-state index contributed by atoms with van der Waals surface area (Å²) in [4.78, 5) is 13.1. The fourth-order valence-corrected chi connectivity index (χ4v) is 5.07. The first-order chi connectivity index (χ1) is 15.3. The second-order valence-electron chi connectivity index (χ2n) is 7.24. The standard InChI is InChI=1S/C24H25ClN2O4S/c1-17-21(25)13-9-14-22(17)27(32(29,30)19-10-5-4-6-11-19)16-24(28)26-18(2)20-12-7-8-15-23(20)31-3/h4-15,18H,16H2,1-3H3,(H,26,28)/t18-/m1/s1. The smallest absolute Gasteiger partial charge is 0.264 e. The lowest BCUT2D eigenvalue weighted by molar-refractivity contribution is -0.120. The molecule has 0 aliphatic rings. The van der Waals surface area contributed by atoms with Crippen LogP contribution >= 0.6 is 11.6 Å². The van der Waals surface area contributed by atoms with Crippen LogP contribution in [0.4, 0.5) is 5.69 Å². The Morgan fingerprint density at radius 3 is 2.38 bits per heavy atom. The lowest BCUT2D eigenvalue weighted by atomic mass is 10.1. The van der Waals surface area contributed by atoms with E-state index in [0.717, 1.165) is 9.87 Å². The van der Waals surface area contributed by atoms with Crippen molar-refractivity contribution in [2.45, 2.75) is 24.8 Å². The van der Waals surface area contributed by atoms with Crippen LogP contribution in [0, 0.1) is 6.92 Å². The summed E-state index contributed by atoms with van der Waals surface area (Å²) in [5.74, 6) is 0.182. The summed E-state index contributed by atoms with van der Waals surface area (Å²) >= 11 is 6.25. The fourth-order valence-electron chi connectivity index (χ4n) is 3.41. The van der Waals surface area contributed by atoms with Crippen LogP contribution in [0.5, 0.6) is 5.75 Å². The number of hydrogen-bond acceptors (Lipinski definition) is 4. The van der Waals surface area contributed by atoms with Crippen LogP contribution in [0.15, 0.2) is 77.7 Å². The lowest BCUT2D eigenvalue weighted by Gasteiger charge is -2.27. The van der Waals surface area contributed by atoms with Crippen LogP contribution < -0.4 is 14.4 Å². The normalized spacial score (nSPS) is 12.1. The highest BCUT2D eigenvalue weighted by Crippen LogP contribution is 2.31. The molecule has 0 aliphatic heterocycles. The number of methoxy groups -OCH3 is 1. The van der Waals surface area contributed by atoms with Crippen molar-refractivity contribution in [1.82, 2.24) is 5.32 Å². The van der Waals surface area contributed by atoms with E-state index in [0.29, 0.717) is 22.0 Å². The van der Waals surface area contributed by atoms with Gasteiger partial charge in [0.25, 0.3) is 10.0 Å². The lowest BCUT2D eigenvalue weighted by Crippen LogP contribution is -2.42. The van der Waals surface area contributed by atoms with E-state index >= 15 is 0 Å². The number of nitrogens with one attached hydrogen (secondary N) is 1. The van der Waals surface area contributed by atoms with Crippen LogP contribution in [0.2, 0.25) is 5.02 Å². The monoisotopic (exact) mass is 472 g/mol. The highest BCUT2D eigenvalue weighted by atomic mass is 35.5. The summed E-state index contributed by atoms with van der Waals surface area (Å²) in [6.07, 6.45) is 0. The van der Waals surface area contributed by atoms with E-state index in [4.69, 9.17) is 16.3 Å². The van der Waals surface area contributed by atoms with Gasteiger partial charge < -0.3 is 10.1 Å². The van der Waals surface area contributed by atoms with Gasteiger partial charge in [-0.15, -0.1) is 0 Å². The van der Waals surface area contributed by atoms with E-state index in [1.807, 2.05) is 25.1 Å². The maximum absolute atomic E-state index is 13.5. The van der Waals surface area contributed by atoms with Crippen molar-refractivity contribution >= 4 is 33.2 Å². The third-order valence-electron chi connectivity index (χ3n) is 5.11. The molecule has 0 unspecified atom stereocenters. The molecule has 1 atom stereocenters. The summed E-state index contributed by atoms with van der Waals surface area (Å²) < 4.78 is 33.4. The Balaban J connectivity index is 1.94. The molecule has 0 aliphatic carbocycles. The van der Waals surface area contributed by atoms with Crippen molar-refractivity contribution in [2.24, 2.45) is 0 Å². The Kier molecular flexibility index (Phi) is 7.43. The van der Waals surface area contributed by atoms with Gasteiger partial charge in [-0.2, -0.15) is 0 Å². The minimum absolute atomic E-state index is 0.0879. The van der Waals surface area contributed by atoms with Gasteiger partial charge >= 0.3 is 0 Å². The zero-order valence-corrected chi connectivity index (χ0v) is 19.7. The second kappa shape index (κ2) is 10.1. The second-order valence-corrected chi connectivity index (χ2v) is 9.51. The van der Waals surface area contributed by atoms with Crippen LogP contribution in [0.1, 0.15) is 24.1 Å². The van der Waals surface area contributed by atoms with Gasteiger partial charge in [0.15, 0.2) is 0 Å². The van der Waals surface area contributed by atoms with Crippen molar-refractivity contribution in [3.8, 4) is 5.75 Å². The predicted octanol–water partition coefficient (Wildman–Crippen LogP) is 4.73. The topological polar surface area (TPSA) is 75.7 Å². The number of hydrogen-bond donors (Lipinski definition) is 1. The van der Waals surface area contributed by atoms with E-state index in [1.165, 1.54) is 12.1 Å². The molecule has 0 spiro atoms. The van der Waals surface area contributed by atoms with Crippen molar-refractivity contribution < 1.29 is 17.9 Å². The Hall–Kier alpha value is -3.03. The number of nitrogens with zero attached hydrogens (tertiary/aromatic N) is 1. The molecule has 8 heteroatoms. The first-order valence-corrected chi connectivity index (χ1v) is 11.8. The van der Waals surface area contributed by atoms with Gasteiger partial charge in [0.2, 0.25) is 5.91 Å². The summed E-state index contributed by atoms with van der Waals surface area (Å²) in [6.45, 7) is 3.13. The molecular formula is C24H25ClN2O4S. The number of rotatable bonds is 8. The van der Waals surface area contributed by atoms with Gasteiger partial charge in [0.1, 0.15) is 12.3 Å². The average Bonchev–Trinajstić information content (AvgIpc) is 2.80. The highest BCUT2D eigenvalue weighted by molar-refractivity contribution is 7.92.